The Kier molecular flexibility index (Phi) is 6.28. The minimum Gasteiger partial charge on any atom is -0.340 e. The van der Waals surface area contributed by atoms with Gasteiger partial charge in [-0.3, -0.25) is 0 Å². The molecule has 1 aliphatic heterocycles. The first-order valence-corrected chi connectivity index (χ1v) is 8.14. The Hall–Kier alpha value is -2.09. The zero-order valence-electron chi connectivity index (χ0n) is 14.7. The number of para-hydroxylation sites is 1. The zero-order valence-corrected chi connectivity index (χ0v) is 16.3. The molecule has 1 aromatic carbocycles. The molecule has 0 atom stereocenters. The van der Waals surface area contributed by atoms with Crippen LogP contribution < -0.4 is 15.5 Å². The molecular formula is C17H23Cl2N7. The van der Waals surface area contributed by atoms with Crippen LogP contribution in [0.5, 0.6) is 0 Å². The number of H-pyrrole nitrogens is 1. The summed E-state index contributed by atoms with van der Waals surface area (Å²) in [6.07, 6.45) is 1.65. The van der Waals surface area contributed by atoms with Gasteiger partial charge in [-0.2, -0.15) is 9.97 Å². The van der Waals surface area contributed by atoms with Crippen molar-refractivity contribution in [3.63, 3.8) is 0 Å². The second kappa shape index (κ2) is 8.07. The second-order valence-electron chi connectivity index (χ2n) is 6.70. The molecule has 140 valence electrons. The van der Waals surface area contributed by atoms with Gasteiger partial charge in [0.2, 0.25) is 5.95 Å². The number of imidazole rings is 1. The molecular weight excluding hydrogens is 373 g/mol. The lowest BCUT2D eigenvalue weighted by molar-refractivity contribution is 0.350. The van der Waals surface area contributed by atoms with Crippen LogP contribution in [-0.2, 0) is 0 Å². The van der Waals surface area contributed by atoms with Crippen molar-refractivity contribution >= 4 is 53.4 Å². The van der Waals surface area contributed by atoms with Crippen LogP contribution in [0, 0.1) is 0 Å². The SMILES string of the molecule is CC1(C)CN(c2nc(Nc3ccccc3)c3[nH]cnc3n2)CCN1.Cl.Cl. The van der Waals surface area contributed by atoms with E-state index in [0.717, 1.165) is 36.7 Å². The first-order valence-electron chi connectivity index (χ1n) is 8.14. The normalized spacial score (nSPS) is 15.8. The van der Waals surface area contributed by atoms with E-state index in [2.05, 4.69) is 44.3 Å². The number of fused-ring (bicyclic) bond motifs is 1. The molecule has 3 N–H and O–H groups in total. The third-order valence-electron chi connectivity index (χ3n) is 4.16. The number of rotatable bonds is 3. The highest BCUT2D eigenvalue weighted by Gasteiger charge is 2.28. The third-order valence-corrected chi connectivity index (χ3v) is 4.16. The Bertz CT molecular complexity index is 851. The van der Waals surface area contributed by atoms with Crippen LogP contribution in [0.3, 0.4) is 0 Å². The molecule has 4 rings (SSSR count). The predicted molar refractivity (Wildman–Crippen MR) is 110 cm³/mol. The van der Waals surface area contributed by atoms with Gasteiger partial charge in [-0.25, -0.2) is 4.98 Å². The summed E-state index contributed by atoms with van der Waals surface area (Å²) in [5, 5.41) is 6.88. The molecule has 7 nitrogen and oxygen atoms in total. The largest absolute Gasteiger partial charge is 0.340 e. The van der Waals surface area contributed by atoms with Crippen molar-refractivity contribution in [1.82, 2.24) is 25.3 Å². The summed E-state index contributed by atoms with van der Waals surface area (Å²) in [6.45, 7) is 7.03. The number of nitrogens with zero attached hydrogens (tertiary/aromatic N) is 4. The van der Waals surface area contributed by atoms with E-state index in [9.17, 15) is 0 Å². The molecule has 3 aromatic rings. The number of anilines is 3. The first-order chi connectivity index (χ1) is 11.6. The minimum absolute atomic E-state index is 0. The summed E-state index contributed by atoms with van der Waals surface area (Å²) in [5.41, 5.74) is 2.51. The summed E-state index contributed by atoms with van der Waals surface area (Å²) in [6, 6.07) is 10.0. The van der Waals surface area contributed by atoms with Crippen LogP contribution in [-0.4, -0.2) is 45.1 Å². The van der Waals surface area contributed by atoms with Crippen molar-refractivity contribution in [2.24, 2.45) is 0 Å². The minimum atomic E-state index is 0. The maximum absolute atomic E-state index is 4.76. The number of aromatic amines is 1. The van der Waals surface area contributed by atoms with Gasteiger partial charge in [0.05, 0.1) is 6.33 Å². The Morgan fingerprint density at radius 3 is 2.62 bits per heavy atom. The fourth-order valence-corrected chi connectivity index (χ4v) is 3.02. The fourth-order valence-electron chi connectivity index (χ4n) is 3.02. The summed E-state index contributed by atoms with van der Waals surface area (Å²) >= 11 is 0. The van der Waals surface area contributed by atoms with Crippen LogP contribution >= 0.6 is 24.8 Å². The van der Waals surface area contributed by atoms with E-state index in [1.54, 1.807) is 6.33 Å². The van der Waals surface area contributed by atoms with E-state index >= 15 is 0 Å². The lowest BCUT2D eigenvalue weighted by Crippen LogP contribution is -2.57. The highest BCUT2D eigenvalue weighted by atomic mass is 35.5. The highest BCUT2D eigenvalue weighted by Crippen LogP contribution is 2.25. The molecule has 0 amide bonds. The summed E-state index contributed by atoms with van der Waals surface area (Å²) in [7, 11) is 0. The van der Waals surface area contributed by atoms with Gasteiger partial charge in [0.1, 0.15) is 5.52 Å². The van der Waals surface area contributed by atoms with Gasteiger partial charge in [-0.1, -0.05) is 18.2 Å². The molecule has 1 saturated heterocycles. The van der Waals surface area contributed by atoms with E-state index in [-0.39, 0.29) is 30.4 Å². The third kappa shape index (κ3) is 4.17. The molecule has 0 bridgehead atoms. The number of piperazine rings is 1. The van der Waals surface area contributed by atoms with Gasteiger partial charge in [0.15, 0.2) is 11.5 Å². The highest BCUT2D eigenvalue weighted by molar-refractivity contribution is 5.86. The molecule has 0 saturated carbocycles. The topological polar surface area (TPSA) is 81.8 Å². The molecule has 1 aliphatic rings. The quantitative estimate of drug-likeness (QED) is 0.631. The Morgan fingerprint density at radius 2 is 1.88 bits per heavy atom. The van der Waals surface area contributed by atoms with Crippen molar-refractivity contribution in [2.45, 2.75) is 19.4 Å². The monoisotopic (exact) mass is 395 g/mol. The molecule has 0 spiro atoms. The molecule has 0 aliphatic carbocycles. The second-order valence-corrected chi connectivity index (χ2v) is 6.70. The molecule has 0 unspecified atom stereocenters. The van der Waals surface area contributed by atoms with Gasteiger partial charge in [-0.15, -0.1) is 24.8 Å². The van der Waals surface area contributed by atoms with Crippen molar-refractivity contribution in [3.8, 4) is 0 Å². The van der Waals surface area contributed by atoms with Crippen molar-refractivity contribution in [3.05, 3.63) is 36.7 Å². The summed E-state index contributed by atoms with van der Waals surface area (Å²) in [4.78, 5) is 19.1. The Balaban J connectivity index is 0.00000121. The van der Waals surface area contributed by atoms with E-state index < -0.39 is 0 Å². The van der Waals surface area contributed by atoms with Gasteiger partial charge in [-0.05, 0) is 26.0 Å². The summed E-state index contributed by atoms with van der Waals surface area (Å²) < 4.78 is 0. The van der Waals surface area contributed by atoms with E-state index in [4.69, 9.17) is 4.98 Å². The summed E-state index contributed by atoms with van der Waals surface area (Å²) in [5.74, 6) is 1.46. The van der Waals surface area contributed by atoms with Crippen LogP contribution in [0.4, 0.5) is 17.5 Å². The Morgan fingerprint density at radius 1 is 1.12 bits per heavy atom. The van der Waals surface area contributed by atoms with Crippen molar-refractivity contribution in [2.75, 3.05) is 29.9 Å². The fraction of sp³-hybridized carbons (Fsp3) is 0.353. The lowest BCUT2D eigenvalue weighted by Gasteiger charge is -2.39. The molecule has 3 heterocycles. The number of benzene rings is 1. The maximum atomic E-state index is 4.76. The molecule has 1 fully saturated rings. The Labute approximate surface area is 164 Å². The average molecular weight is 396 g/mol. The van der Waals surface area contributed by atoms with Crippen LogP contribution in [0.25, 0.3) is 11.2 Å². The molecule has 9 heteroatoms. The smallest absolute Gasteiger partial charge is 0.229 e. The van der Waals surface area contributed by atoms with E-state index in [1.165, 1.54) is 0 Å². The average Bonchev–Trinajstić information content (AvgIpc) is 3.04. The van der Waals surface area contributed by atoms with Gasteiger partial charge in [0.25, 0.3) is 0 Å². The number of hydrogen-bond acceptors (Lipinski definition) is 6. The van der Waals surface area contributed by atoms with E-state index in [1.807, 2.05) is 30.3 Å². The maximum Gasteiger partial charge on any atom is 0.229 e. The molecule has 0 radical (unpaired) electrons. The number of hydrogen-bond donors (Lipinski definition) is 3. The zero-order chi connectivity index (χ0) is 16.6. The van der Waals surface area contributed by atoms with E-state index in [0.29, 0.717) is 11.6 Å². The number of aromatic nitrogens is 4. The molecule has 26 heavy (non-hydrogen) atoms. The standard InChI is InChI=1S/C17H21N7.2ClH/c1-17(2)10-24(9-8-20-17)16-22-14-13(18-11-19-14)15(23-16)21-12-6-4-3-5-7-12;;/h3-7,11,20H,8-10H2,1-2H3,(H2,18,19,21,22,23);2*1H. The van der Waals surface area contributed by atoms with Crippen LogP contribution in [0.1, 0.15) is 13.8 Å². The number of halogens is 2. The lowest BCUT2D eigenvalue weighted by atomic mass is 10.0. The van der Waals surface area contributed by atoms with Gasteiger partial charge >= 0.3 is 0 Å². The van der Waals surface area contributed by atoms with Crippen LogP contribution in [0.2, 0.25) is 0 Å². The predicted octanol–water partition coefficient (Wildman–Crippen LogP) is 3.13. The van der Waals surface area contributed by atoms with Gasteiger partial charge < -0.3 is 20.5 Å². The van der Waals surface area contributed by atoms with Crippen LogP contribution in [0.15, 0.2) is 36.7 Å². The van der Waals surface area contributed by atoms with Crippen molar-refractivity contribution in [1.29, 1.82) is 0 Å². The van der Waals surface area contributed by atoms with Gasteiger partial charge in [0, 0.05) is 30.9 Å². The number of nitrogens with one attached hydrogen (secondary N) is 3. The first kappa shape index (κ1) is 20.2. The molecule has 2 aromatic heterocycles. The van der Waals surface area contributed by atoms with Crippen molar-refractivity contribution < 1.29 is 0 Å².